The molecule has 7 nitrogen and oxygen atoms in total. The summed E-state index contributed by atoms with van der Waals surface area (Å²) in [5.41, 5.74) is 1.15. The molecule has 0 aromatic heterocycles. The molecule has 0 bridgehead atoms. The van der Waals surface area contributed by atoms with Gasteiger partial charge in [-0.05, 0) is 63.6 Å². The zero-order valence-electron chi connectivity index (χ0n) is 18.1. The number of nitrogens with one attached hydrogen (secondary N) is 2. The molecule has 0 aliphatic carbocycles. The second kappa shape index (κ2) is 9.38. The van der Waals surface area contributed by atoms with Crippen molar-refractivity contribution in [2.75, 3.05) is 18.4 Å². The van der Waals surface area contributed by atoms with Crippen molar-refractivity contribution < 1.29 is 23.5 Å². The Hall–Kier alpha value is -3.08. The van der Waals surface area contributed by atoms with Gasteiger partial charge in [-0.1, -0.05) is 6.07 Å². The first-order valence-electron chi connectivity index (χ1n) is 10.5. The number of hydrogen-bond acceptors (Lipinski definition) is 6. The number of likely N-dealkylation sites (tertiary alicyclic amines) is 1. The summed E-state index contributed by atoms with van der Waals surface area (Å²) in [6.45, 7) is 6.53. The molecule has 0 radical (unpaired) electrons. The van der Waals surface area contributed by atoms with Gasteiger partial charge in [0.25, 0.3) is 0 Å². The molecular weight excluding hydrogens is 401 g/mol. The lowest BCUT2D eigenvalue weighted by atomic mass is 9.89. The van der Waals surface area contributed by atoms with Crippen LogP contribution in [-0.2, 0) is 14.3 Å². The Kier molecular flexibility index (Phi) is 6.84. The van der Waals surface area contributed by atoms with Crippen molar-refractivity contribution in [3.8, 4) is 0 Å². The summed E-state index contributed by atoms with van der Waals surface area (Å²) in [5, 5.41) is 5.84. The third-order valence-electron chi connectivity index (χ3n) is 5.48. The summed E-state index contributed by atoms with van der Waals surface area (Å²) in [4.78, 5) is 35.8. The van der Waals surface area contributed by atoms with Crippen molar-refractivity contribution in [2.45, 2.75) is 64.0 Å². The number of piperidine rings is 2. The number of hydrogen-bond donors (Lipinski definition) is 2. The maximum absolute atomic E-state index is 14.9. The predicted molar refractivity (Wildman–Crippen MR) is 114 cm³/mol. The fourth-order valence-corrected chi connectivity index (χ4v) is 3.91. The summed E-state index contributed by atoms with van der Waals surface area (Å²) >= 11 is 0. The van der Waals surface area contributed by atoms with Crippen LogP contribution in [0.25, 0.3) is 0 Å². The van der Waals surface area contributed by atoms with E-state index in [4.69, 9.17) is 4.74 Å². The highest BCUT2D eigenvalue weighted by molar-refractivity contribution is 5.68. The molecule has 0 spiro atoms. The van der Waals surface area contributed by atoms with Crippen molar-refractivity contribution in [2.24, 2.45) is 0 Å². The number of carbonyl (C=O) groups excluding carboxylic acids is 3. The summed E-state index contributed by atoms with van der Waals surface area (Å²) in [5.74, 6) is 3.26. The van der Waals surface area contributed by atoms with E-state index >= 15 is 0 Å². The van der Waals surface area contributed by atoms with Crippen molar-refractivity contribution in [3.05, 3.63) is 41.0 Å². The Bertz CT molecular complexity index is 935. The second-order valence-corrected chi connectivity index (χ2v) is 8.93. The first-order valence-corrected chi connectivity index (χ1v) is 10.5. The minimum Gasteiger partial charge on any atom is -0.444 e. The molecule has 2 aliphatic heterocycles. The van der Waals surface area contributed by atoms with Crippen LogP contribution in [0.15, 0.2) is 29.6 Å². The maximum Gasteiger partial charge on any atom is 0.410 e. The van der Waals surface area contributed by atoms with Gasteiger partial charge in [0.05, 0.1) is 6.04 Å². The van der Waals surface area contributed by atoms with Crippen LogP contribution in [0.1, 0.15) is 57.9 Å². The van der Waals surface area contributed by atoms with E-state index in [0.717, 1.165) is 0 Å². The van der Waals surface area contributed by atoms with E-state index in [1.807, 2.05) is 20.8 Å². The largest absolute Gasteiger partial charge is 0.444 e. The lowest BCUT2D eigenvalue weighted by Gasteiger charge is -2.33. The average Bonchev–Trinajstić information content (AvgIpc) is 2.73. The van der Waals surface area contributed by atoms with Crippen molar-refractivity contribution in [1.82, 2.24) is 10.2 Å². The molecule has 2 N–H and O–H groups in total. The van der Waals surface area contributed by atoms with Gasteiger partial charge in [0.2, 0.25) is 0 Å². The topological polar surface area (TPSA) is 87.7 Å². The molecule has 2 aliphatic rings. The van der Waals surface area contributed by atoms with E-state index < -0.39 is 5.60 Å². The normalized spacial score (nSPS) is 19.9. The lowest BCUT2D eigenvalue weighted by Crippen LogP contribution is -2.41. The highest BCUT2D eigenvalue weighted by atomic mass is 19.1. The minimum atomic E-state index is -0.541. The summed E-state index contributed by atoms with van der Waals surface area (Å²) in [6, 6.07) is 4.58. The quantitative estimate of drug-likeness (QED) is 0.715. The number of ether oxygens (including phenoxy) is 1. The van der Waals surface area contributed by atoms with E-state index in [1.165, 1.54) is 6.07 Å². The minimum absolute atomic E-state index is 0.0230. The number of rotatable bonds is 3. The van der Waals surface area contributed by atoms with Crippen LogP contribution in [0.2, 0.25) is 0 Å². The van der Waals surface area contributed by atoms with Crippen LogP contribution in [0.3, 0.4) is 0 Å². The molecule has 31 heavy (non-hydrogen) atoms. The number of allylic oxidation sites excluding steroid dienone is 1. The van der Waals surface area contributed by atoms with Gasteiger partial charge < -0.3 is 20.3 Å². The maximum atomic E-state index is 14.9. The van der Waals surface area contributed by atoms with E-state index in [2.05, 4.69) is 10.6 Å². The van der Waals surface area contributed by atoms with Crippen molar-refractivity contribution in [3.63, 3.8) is 0 Å². The van der Waals surface area contributed by atoms with Gasteiger partial charge in [-0.3, -0.25) is 0 Å². The van der Waals surface area contributed by atoms with Crippen LogP contribution in [0.4, 0.5) is 14.9 Å². The molecule has 0 saturated carbocycles. The van der Waals surface area contributed by atoms with Gasteiger partial charge >= 0.3 is 6.09 Å². The van der Waals surface area contributed by atoms with Crippen LogP contribution in [0, 0.1) is 5.82 Å². The smallest absolute Gasteiger partial charge is 0.410 e. The molecule has 1 aromatic carbocycles. The third-order valence-corrected chi connectivity index (χ3v) is 5.48. The third kappa shape index (κ3) is 5.75. The Labute approximate surface area is 181 Å². The SMILES string of the molecule is CC(C)(C)OC(=O)N1CCC(c2ccc(NC3CCC(=C=O)NC3=C=O)cc2F)CC1. The standard InChI is InChI=1S/C23H28FN3O4/c1-23(2,3)31-22(30)27-10-8-15(9-11-27)18-6-4-16(12-19(18)24)25-20-7-5-17(13-28)26-21(20)14-29/h4,6,12,15,20,25-26H,5,7-11H2,1-3H3. The van der Waals surface area contributed by atoms with Crippen molar-refractivity contribution >= 4 is 23.7 Å². The number of anilines is 1. The fraction of sp³-hybridized carbons (Fsp3) is 0.522. The average molecular weight is 429 g/mol. The van der Waals surface area contributed by atoms with Crippen LogP contribution >= 0.6 is 0 Å². The second-order valence-electron chi connectivity index (χ2n) is 8.93. The highest BCUT2D eigenvalue weighted by Crippen LogP contribution is 2.32. The van der Waals surface area contributed by atoms with E-state index in [1.54, 1.807) is 28.9 Å². The number of carbonyl (C=O) groups is 1. The predicted octanol–water partition coefficient (Wildman–Crippen LogP) is 3.54. The lowest BCUT2D eigenvalue weighted by molar-refractivity contribution is 0.0204. The van der Waals surface area contributed by atoms with Crippen LogP contribution in [-0.4, -0.2) is 47.6 Å². The highest BCUT2D eigenvalue weighted by Gasteiger charge is 2.29. The molecule has 1 amide bonds. The Balaban J connectivity index is 1.61. The number of amides is 1. The fourth-order valence-electron chi connectivity index (χ4n) is 3.91. The van der Waals surface area contributed by atoms with Gasteiger partial charge in [0.1, 0.15) is 34.7 Å². The molecule has 1 atom stereocenters. The van der Waals surface area contributed by atoms with E-state index in [-0.39, 0.29) is 29.6 Å². The first-order chi connectivity index (χ1) is 14.7. The van der Waals surface area contributed by atoms with Gasteiger partial charge in [0, 0.05) is 25.2 Å². The van der Waals surface area contributed by atoms with Gasteiger partial charge in [-0.25, -0.2) is 18.8 Å². The Morgan fingerprint density at radius 2 is 1.90 bits per heavy atom. The molecule has 1 aromatic rings. The summed E-state index contributed by atoms with van der Waals surface area (Å²) in [6.07, 6.45) is 1.94. The Morgan fingerprint density at radius 3 is 2.48 bits per heavy atom. The van der Waals surface area contributed by atoms with Gasteiger partial charge in [0.15, 0.2) is 0 Å². The van der Waals surface area contributed by atoms with Gasteiger partial charge in [-0.2, -0.15) is 0 Å². The molecule has 166 valence electrons. The Morgan fingerprint density at radius 1 is 1.19 bits per heavy atom. The molecule has 2 saturated heterocycles. The number of benzene rings is 1. The number of halogens is 1. The summed E-state index contributed by atoms with van der Waals surface area (Å²) in [7, 11) is 0. The summed E-state index contributed by atoms with van der Waals surface area (Å²) < 4.78 is 20.3. The molecular formula is C23H28FN3O4. The molecule has 2 fully saturated rings. The van der Waals surface area contributed by atoms with Crippen LogP contribution in [0.5, 0.6) is 0 Å². The molecule has 3 rings (SSSR count). The number of nitrogens with zero attached hydrogens (tertiary/aromatic N) is 1. The zero-order chi connectivity index (χ0) is 22.6. The monoisotopic (exact) mass is 429 g/mol. The van der Waals surface area contributed by atoms with E-state index in [0.29, 0.717) is 55.7 Å². The first kappa shape index (κ1) is 22.6. The van der Waals surface area contributed by atoms with Crippen molar-refractivity contribution in [1.29, 1.82) is 0 Å². The molecule has 1 unspecified atom stereocenters. The van der Waals surface area contributed by atoms with E-state index in [9.17, 15) is 18.8 Å². The zero-order valence-corrected chi connectivity index (χ0v) is 18.1. The van der Waals surface area contributed by atoms with Crippen LogP contribution < -0.4 is 10.6 Å². The molecule has 2 heterocycles. The van der Waals surface area contributed by atoms with Gasteiger partial charge in [-0.15, -0.1) is 0 Å². The molecule has 8 heteroatoms.